The van der Waals surface area contributed by atoms with Gasteiger partial charge >= 0.3 is 11.6 Å². The van der Waals surface area contributed by atoms with Gasteiger partial charge in [-0.2, -0.15) is 18.0 Å². The number of benzene rings is 2. The largest absolute Gasteiger partial charge is 0.741 e. The minimum atomic E-state index is -6.09. The summed E-state index contributed by atoms with van der Waals surface area (Å²) in [4.78, 5) is 25.7. The number of ketones is 1. The van der Waals surface area contributed by atoms with Gasteiger partial charge in [-0.05, 0) is 12.1 Å². The van der Waals surface area contributed by atoms with Crippen molar-refractivity contribution in [3.63, 3.8) is 0 Å². The molecule has 0 amide bonds. The number of Topliss-reactive ketones (excluding diaryl/α,β-unsaturated/α-hetero) is 1. The first-order chi connectivity index (χ1) is 16.8. The lowest BCUT2D eigenvalue weighted by molar-refractivity contribution is -0.670. The van der Waals surface area contributed by atoms with Gasteiger partial charge < -0.3 is 18.8 Å². The van der Waals surface area contributed by atoms with Crippen molar-refractivity contribution in [1.82, 2.24) is 4.57 Å². The van der Waals surface area contributed by atoms with Crippen molar-refractivity contribution in [3.05, 3.63) is 78.4 Å². The van der Waals surface area contributed by atoms with Gasteiger partial charge in [0.2, 0.25) is 5.78 Å². The Morgan fingerprint density at radius 2 is 1.56 bits per heavy atom. The normalized spacial score (nSPS) is 12.1. The average Bonchev–Trinajstić information content (AvgIpc) is 3.27. The molecule has 0 N–H and O–H groups in total. The van der Waals surface area contributed by atoms with E-state index < -0.39 is 27.8 Å². The van der Waals surface area contributed by atoms with Crippen LogP contribution in [0.4, 0.5) is 18.0 Å². The molecule has 14 heteroatoms. The first-order valence-corrected chi connectivity index (χ1v) is 11.3. The molecule has 0 fully saturated rings. The zero-order valence-corrected chi connectivity index (χ0v) is 19.9. The summed E-state index contributed by atoms with van der Waals surface area (Å²) in [5.74, 6) is 0.632. The molecule has 3 aromatic rings. The lowest BCUT2D eigenvalue weighted by atomic mass is 9.99. The standard InChI is InChI=1S/C21H21N2O5.CHF3O3S/c1-22-9-10-23(14-22)21(25)28-20(19(24)15-7-5-4-6-8-15)16-11-17(26-2)13-18(12-16)27-3;2-1(3,4)8(5,6)7/h4-14,20H,1-3H3;(H,5,6,7)/q+1;/p-1. The summed E-state index contributed by atoms with van der Waals surface area (Å²) in [6.07, 6.45) is 2.98. The zero-order valence-electron chi connectivity index (χ0n) is 19.1. The molecule has 1 atom stereocenters. The lowest BCUT2D eigenvalue weighted by Gasteiger charge is -2.17. The van der Waals surface area contributed by atoms with E-state index in [1.54, 1.807) is 72.8 Å². The monoisotopic (exact) mass is 530 g/mol. The SMILES string of the molecule is COc1cc(OC)cc(C(OC(=O)n2cc[n+](C)c2)C(=O)c2ccccc2)c1.O=S(=O)([O-])C(F)(F)F. The van der Waals surface area contributed by atoms with Crippen molar-refractivity contribution < 1.29 is 54.5 Å². The van der Waals surface area contributed by atoms with Gasteiger partial charge in [-0.1, -0.05) is 30.3 Å². The Hall–Kier alpha value is -3.91. The minimum absolute atomic E-state index is 0.346. The summed E-state index contributed by atoms with van der Waals surface area (Å²) < 4.78 is 78.0. The number of hydrogen-bond donors (Lipinski definition) is 0. The summed E-state index contributed by atoms with van der Waals surface area (Å²) in [5, 5.41) is 0. The highest BCUT2D eigenvalue weighted by atomic mass is 32.2. The Balaban J connectivity index is 0.000000493. The second kappa shape index (κ2) is 11.7. The molecule has 0 aliphatic rings. The van der Waals surface area contributed by atoms with E-state index in [0.29, 0.717) is 22.6 Å². The van der Waals surface area contributed by atoms with Crippen LogP contribution in [0.3, 0.4) is 0 Å². The van der Waals surface area contributed by atoms with Crippen LogP contribution in [0.5, 0.6) is 11.5 Å². The molecule has 10 nitrogen and oxygen atoms in total. The summed E-state index contributed by atoms with van der Waals surface area (Å²) in [6.45, 7) is 0. The van der Waals surface area contributed by atoms with Crippen molar-refractivity contribution in [2.24, 2.45) is 7.05 Å². The van der Waals surface area contributed by atoms with Crippen LogP contribution in [0.15, 0.2) is 67.3 Å². The van der Waals surface area contributed by atoms with E-state index >= 15 is 0 Å². The number of methoxy groups -OCH3 is 2. The molecule has 3 rings (SSSR count). The maximum absolute atomic E-state index is 13.1. The van der Waals surface area contributed by atoms with Gasteiger partial charge in [-0.3, -0.25) is 4.79 Å². The van der Waals surface area contributed by atoms with E-state index in [1.165, 1.54) is 18.8 Å². The fraction of sp³-hybridized carbons (Fsp3) is 0.227. The Bertz CT molecular complexity index is 1290. The van der Waals surface area contributed by atoms with Crippen LogP contribution in [0.1, 0.15) is 22.0 Å². The molecular weight excluding hydrogens is 509 g/mol. The Morgan fingerprint density at radius 1 is 1.03 bits per heavy atom. The Kier molecular flexibility index (Phi) is 9.19. The van der Waals surface area contributed by atoms with E-state index in [0.717, 1.165) is 0 Å². The van der Waals surface area contributed by atoms with E-state index in [1.807, 2.05) is 6.07 Å². The van der Waals surface area contributed by atoms with Gasteiger partial charge in [0.05, 0.1) is 21.3 Å². The number of ether oxygens (including phenoxy) is 3. The van der Waals surface area contributed by atoms with E-state index in [-0.39, 0.29) is 5.78 Å². The molecule has 194 valence electrons. The summed E-state index contributed by atoms with van der Waals surface area (Å²) in [5.41, 5.74) is -4.76. The van der Waals surface area contributed by atoms with Crippen LogP contribution in [0.2, 0.25) is 0 Å². The number of aromatic nitrogens is 2. The predicted octanol–water partition coefficient (Wildman–Crippen LogP) is 2.99. The number of alkyl halides is 3. The van der Waals surface area contributed by atoms with Crippen LogP contribution in [0, 0.1) is 0 Å². The smallest absolute Gasteiger partial charge is 0.512 e. The Morgan fingerprint density at radius 3 is 1.97 bits per heavy atom. The predicted molar refractivity (Wildman–Crippen MR) is 116 cm³/mol. The molecule has 0 saturated heterocycles. The van der Waals surface area contributed by atoms with E-state index in [9.17, 15) is 22.8 Å². The molecule has 0 saturated carbocycles. The maximum atomic E-state index is 13.1. The second-order valence-corrected chi connectivity index (χ2v) is 8.40. The highest BCUT2D eigenvalue weighted by Gasteiger charge is 2.37. The number of carbonyl (C=O) groups is 2. The second-order valence-electron chi connectivity index (χ2n) is 7.03. The third kappa shape index (κ3) is 7.55. The van der Waals surface area contributed by atoms with E-state index in [2.05, 4.69) is 0 Å². The highest BCUT2D eigenvalue weighted by molar-refractivity contribution is 7.86. The molecule has 1 heterocycles. The van der Waals surface area contributed by atoms with Gasteiger partial charge in [0, 0.05) is 17.2 Å². The number of aryl methyl sites for hydroxylation is 1. The fourth-order valence-electron chi connectivity index (χ4n) is 2.73. The topological polar surface area (TPSA) is 128 Å². The fourth-order valence-corrected chi connectivity index (χ4v) is 2.73. The number of hydrogen-bond acceptors (Lipinski definition) is 8. The summed E-state index contributed by atoms with van der Waals surface area (Å²) in [6, 6.07) is 13.7. The van der Waals surface area contributed by atoms with Crippen LogP contribution < -0.4 is 14.0 Å². The van der Waals surface area contributed by atoms with Gasteiger partial charge in [0.1, 0.15) is 23.9 Å². The lowest BCUT2D eigenvalue weighted by Crippen LogP contribution is -2.27. The third-order valence-corrected chi connectivity index (χ3v) is 5.02. The molecule has 0 aliphatic carbocycles. The van der Waals surface area contributed by atoms with Crippen molar-refractivity contribution in [2.45, 2.75) is 11.6 Å². The minimum Gasteiger partial charge on any atom is -0.741 e. The van der Waals surface area contributed by atoms with Gasteiger partial charge in [0.15, 0.2) is 16.2 Å². The van der Waals surface area contributed by atoms with Crippen LogP contribution in [0.25, 0.3) is 0 Å². The van der Waals surface area contributed by atoms with Crippen LogP contribution in [-0.2, 0) is 21.9 Å². The highest BCUT2D eigenvalue weighted by Crippen LogP contribution is 2.31. The average molecular weight is 530 g/mol. The number of imidazole rings is 1. The van der Waals surface area contributed by atoms with Gasteiger partial charge in [0.25, 0.3) is 6.33 Å². The van der Waals surface area contributed by atoms with Crippen molar-refractivity contribution in [1.29, 1.82) is 0 Å². The molecule has 0 bridgehead atoms. The molecule has 36 heavy (non-hydrogen) atoms. The maximum Gasteiger partial charge on any atom is 0.512 e. The molecular formula is C22H21F3N2O8S. The third-order valence-electron chi connectivity index (χ3n) is 4.45. The van der Waals surface area contributed by atoms with Crippen LogP contribution in [-0.4, -0.2) is 49.1 Å². The summed E-state index contributed by atoms with van der Waals surface area (Å²) >= 11 is 0. The number of nitrogens with zero attached hydrogens (tertiary/aromatic N) is 2. The first kappa shape index (κ1) is 28.3. The summed E-state index contributed by atoms with van der Waals surface area (Å²) in [7, 11) is -1.28. The molecule has 0 aliphatic heterocycles. The van der Waals surface area contributed by atoms with Gasteiger partial charge in [-0.15, -0.1) is 4.57 Å². The molecule has 0 spiro atoms. The van der Waals surface area contributed by atoms with Crippen molar-refractivity contribution >= 4 is 22.0 Å². The molecule has 1 unspecified atom stereocenters. The quantitative estimate of drug-likeness (QED) is 0.206. The van der Waals surface area contributed by atoms with E-state index in [4.69, 9.17) is 27.2 Å². The molecule has 0 radical (unpaired) electrons. The first-order valence-electron chi connectivity index (χ1n) is 9.85. The van der Waals surface area contributed by atoms with Crippen molar-refractivity contribution in [3.8, 4) is 11.5 Å². The molecule has 2 aromatic carbocycles. The molecule has 1 aromatic heterocycles. The number of carbonyl (C=O) groups excluding carboxylic acids is 2. The van der Waals surface area contributed by atoms with Gasteiger partial charge in [-0.25, -0.2) is 13.0 Å². The number of rotatable bonds is 6. The van der Waals surface area contributed by atoms with Crippen molar-refractivity contribution in [2.75, 3.05) is 14.2 Å². The van der Waals surface area contributed by atoms with Crippen LogP contribution >= 0.6 is 0 Å². The number of halogens is 3. The Labute approximate surface area is 204 Å². The zero-order chi connectivity index (χ0) is 27.1.